The van der Waals surface area contributed by atoms with E-state index in [1.165, 1.54) is 30.6 Å². The van der Waals surface area contributed by atoms with Crippen LogP contribution in [0.1, 0.15) is 5.56 Å². The summed E-state index contributed by atoms with van der Waals surface area (Å²) in [5.41, 5.74) is 0.159. The summed E-state index contributed by atoms with van der Waals surface area (Å²) < 4.78 is 14.1. The molecule has 0 saturated heterocycles. The quantitative estimate of drug-likeness (QED) is 0.930. The Morgan fingerprint density at radius 3 is 2.79 bits per heavy atom. The summed E-state index contributed by atoms with van der Waals surface area (Å²) in [7, 11) is 0. The van der Waals surface area contributed by atoms with Crippen molar-refractivity contribution < 1.29 is 9.18 Å². The Hall–Kier alpha value is -1.53. The van der Waals surface area contributed by atoms with Gasteiger partial charge in [0.05, 0.1) is 18.8 Å². The molecular weight excluding hydrogens is 337 g/mol. The topological polar surface area (TPSA) is 54.9 Å². The summed E-state index contributed by atoms with van der Waals surface area (Å²) in [6, 6.07) is 4.28. The van der Waals surface area contributed by atoms with E-state index in [9.17, 15) is 9.18 Å². The Labute approximate surface area is 122 Å². The van der Waals surface area contributed by atoms with Crippen molar-refractivity contribution in [2.75, 3.05) is 5.32 Å². The second kappa shape index (κ2) is 6.08. The number of benzene rings is 1. The highest BCUT2D eigenvalue weighted by atomic mass is 79.9. The molecule has 19 heavy (non-hydrogen) atoms. The first kappa shape index (κ1) is 13.9. The van der Waals surface area contributed by atoms with Crippen LogP contribution in [0.2, 0.25) is 5.02 Å². The fraction of sp³-hybridized carbons (Fsp3) is 0.0833. The molecule has 0 fully saturated rings. The van der Waals surface area contributed by atoms with Gasteiger partial charge in [0, 0.05) is 10.6 Å². The molecule has 7 heteroatoms. The normalized spacial score (nSPS) is 10.3. The van der Waals surface area contributed by atoms with Crippen LogP contribution >= 0.6 is 27.5 Å². The molecule has 0 bridgehead atoms. The number of anilines is 1. The van der Waals surface area contributed by atoms with Crippen molar-refractivity contribution in [2.45, 2.75) is 6.42 Å². The maximum Gasteiger partial charge on any atom is 0.230 e. The molecule has 1 heterocycles. The van der Waals surface area contributed by atoms with Crippen LogP contribution in [0.5, 0.6) is 0 Å². The van der Waals surface area contributed by atoms with Crippen molar-refractivity contribution >= 4 is 39.3 Å². The molecule has 0 unspecified atom stereocenters. The van der Waals surface area contributed by atoms with Gasteiger partial charge in [-0.05, 0) is 28.1 Å². The smallest absolute Gasteiger partial charge is 0.230 e. The van der Waals surface area contributed by atoms with Crippen molar-refractivity contribution in [3.05, 3.63) is 51.6 Å². The minimum Gasteiger partial charge on any atom is -0.309 e. The number of carbonyl (C=O) groups excluding carboxylic acids is 1. The Balaban J connectivity index is 2.07. The second-order valence-electron chi connectivity index (χ2n) is 3.65. The third-order valence-corrected chi connectivity index (χ3v) is 3.05. The van der Waals surface area contributed by atoms with E-state index < -0.39 is 11.7 Å². The fourth-order valence-electron chi connectivity index (χ4n) is 1.43. The number of hydrogen-bond acceptors (Lipinski definition) is 3. The average Bonchev–Trinajstić information content (AvgIpc) is 2.37. The fourth-order valence-corrected chi connectivity index (χ4v) is 1.86. The Morgan fingerprint density at radius 2 is 2.16 bits per heavy atom. The molecule has 1 aromatic heterocycles. The first-order chi connectivity index (χ1) is 9.06. The van der Waals surface area contributed by atoms with Gasteiger partial charge in [0.1, 0.15) is 10.4 Å². The number of nitrogens with one attached hydrogen (secondary N) is 1. The lowest BCUT2D eigenvalue weighted by Gasteiger charge is -2.06. The molecule has 0 spiro atoms. The summed E-state index contributed by atoms with van der Waals surface area (Å²) in [4.78, 5) is 19.6. The molecule has 0 atom stereocenters. The molecule has 98 valence electrons. The SMILES string of the molecule is O=C(Cc1c(F)cccc1Cl)Nc1cnc(Br)cn1. The number of carbonyl (C=O) groups is 1. The van der Waals surface area contributed by atoms with Gasteiger partial charge in [-0.15, -0.1) is 0 Å². The molecule has 2 rings (SSSR count). The molecule has 4 nitrogen and oxygen atoms in total. The van der Waals surface area contributed by atoms with Crippen LogP contribution in [-0.4, -0.2) is 15.9 Å². The molecular formula is C12H8BrClFN3O. The van der Waals surface area contributed by atoms with E-state index in [1.54, 1.807) is 0 Å². The maximum absolute atomic E-state index is 13.5. The summed E-state index contributed by atoms with van der Waals surface area (Å²) in [6.45, 7) is 0. The summed E-state index contributed by atoms with van der Waals surface area (Å²) in [6.07, 6.45) is 2.68. The monoisotopic (exact) mass is 343 g/mol. The molecule has 0 aliphatic carbocycles. The Kier molecular flexibility index (Phi) is 4.44. The number of nitrogens with zero attached hydrogens (tertiary/aromatic N) is 2. The van der Waals surface area contributed by atoms with Crippen LogP contribution in [0.25, 0.3) is 0 Å². The van der Waals surface area contributed by atoms with Crippen LogP contribution in [0.3, 0.4) is 0 Å². The van der Waals surface area contributed by atoms with Crippen LogP contribution in [0.4, 0.5) is 10.2 Å². The van der Waals surface area contributed by atoms with Crippen molar-refractivity contribution in [1.82, 2.24) is 9.97 Å². The average molecular weight is 345 g/mol. The Morgan fingerprint density at radius 1 is 1.37 bits per heavy atom. The second-order valence-corrected chi connectivity index (χ2v) is 4.87. The van der Waals surface area contributed by atoms with Crippen molar-refractivity contribution in [1.29, 1.82) is 0 Å². The van der Waals surface area contributed by atoms with Gasteiger partial charge in [-0.3, -0.25) is 4.79 Å². The van der Waals surface area contributed by atoms with Gasteiger partial charge in [0.2, 0.25) is 5.91 Å². The summed E-state index contributed by atoms with van der Waals surface area (Å²) in [5, 5.41) is 2.73. The zero-order valence-electron chi connectivity index (χ0n) is 9.53. The van der Waals surface area contributed by atoms with E-state index in [4.69, 9.17) is 11.6 Å². The van der Waals surface area contributed by atoms with Gasteiger partial charge >= 0.3 is 0 Å². The van der Waals surface area contributed by atoms with Crippen LogP contribution in [-0.2, 0) is 11.2 Å². The largest absolute Gasteiger partial charge is 0.309 e. The van der Waals surface area contributed by atoms with Gasteiger partial charge in [-0.2, -0.15) is 0 Å². The zero-order chi connectivity index (χ0) is 13.8. The predicted octanol–water partition coefficient (Wildman–Crippen LogP) is 3.21. The van der Waals surface area contributed by atoms with Gasteiger partial charge in [0.15, 0.2) is 5.82 Å². The van der Waals surface area contributed by atoms with E-state index in [2.05, 4.69) is 31.2 Å². The lowest BCUT2D eigenvalue weighted by molar-refractivity contribution is -0.115. The molecule has 0 saturated carbocycles. The lowest BCUT2D eigenvalue weighted by Crippen LogP contribution is -2.16. The van der Waals surface area contributed by atoms with Crippen LogP contribution < -0.4 is 5.32 Å². The molecule has 0 radical (unpaired) electrons. The maximum atomic E-state index is 13.5. The molecule has 2 aromatic rings. The van der Waals surface area contributed by atoms with E-state index in [1.807, 2.05) is 0 Å². The minimum atomic E-state index is -0.510. The van der Waals surface area contributed by atoms with E-state index >= 15 is 0 Å². The van der Waals surface area contributed by atoms with Crippen molar-refractivity contribution in [2.24, 2.45) is 0 Å². The number of amides is 1. The van der Waals surface area contributed by atoms with Crippen LogP contribution in [0.15, 0.2) is 35.2 Å². The minimum absolute atomic E-state index is 0.159. The summed E-state index contributed by atoms with van der Waals surface area (Å²) >= 11 is 8.97. The highest BCUT2D eigenvalue weighted by molar-refractivity contribution is 9.10. The number of rotatable bonds is 3. The van der Waals surface area contributed by atoms with Gasteiger partial charge < -0.3 is 5.32 Å². The predicted molar refractivity (Wildman–Crippen MR) is 73.5 cm³/mol. The molecule has 1 aromatic carbocycles. The molecule has 1 amide bonds. The standard InChI is InChI=1S/C12H8BrClFN3O/c13-10-5-17-11(6-16-10)18-12(19)4-7-8(14)2-1-3-9(7)15/h1-3,5-6H,4H2,(H,17,18,19). The third-order valence-electron chi connectivity index (χ3n) is 2.29. The van der Waals surface area contributed by atoms with E-state index in [0.29, 0.717) is 10.4 Å². The number of halogens is 3. The zero-order valence-corrected chi connectivity index (χ0v) is 11.9. The molecule has 0 aliphatic rings. The molecule has 0 aliphatic heterocycles. The van der Waals surface area contributed by atoms with Crippen molar-refractivity contribution in [3.8, 4) is 0 Å². The van der Waals surface area contributed by atoms with Crippen molar-refractivity contribution in [3.63, 3.8) is 0 Å². The number of hydrogen-bond donors (Lipinski definition) is 1. The first-order valence-corrected chi connectivity index (χ1v) is 6.43. The van der Waals surface area contributed by atoms with Crippen LogP contribution in [0, 0.1) is 5.82 Å². The highest BCUT2D eigenvalue weighted by Gasteiger charge is 2.12. The highest BCUT2D eigenvalue weighted by Crippen LogP contribution is 2.19. The molecule has 1 N–H and O–H groups in total. The van der Waals surface area contributed by atoms with E-state index in [-0.39, 0.29) is 17.0 Å². The Bertz CT molecular complexity index is 586. The van der Waals surface area contributed by atoms with Gasteiger partial charge in [-0.25, -0.2) is 14.4 Å². The third kappa shape index (κ3) is 3.71. The van der Waals surface area contributed by atoms with Gasteiger partial charge in [-0.1, -0.05) is 17.7 Å². The lowest BCUT2D eigenvalue weighted by atomic mass is 10.1. The van der Waals surface area contributed by atoms with Gasteiger partial charge in [0.25, 0.3) is 0 Å². The number of aromatic nitrogens is 2. The van der Waals surface area contributed by atoms with E-state index in [0.717, 1.165) is 0 Å². The summed E-state index contributed by atoms with van der Waals surface area (Å²) in [5.74, 6) is -0.631. The first-order valence-electron chi connectivity index (χ1n) is 5.26.